The number of para-hydroxylation sites is 1. The van der Waals surface area contributed by atoms with Gasteiger partial charge in [-0.3, -0.25) is 9.59 Å². The Morgan fingerprint density at radius 1 is 1.08 bits per heavy atom. The van der Waals surface area contributed by atoms with E-state index in [1.54, 1.807) is 38.1 Å². The Bertz CT molecular complexity index is 638. The van der Waals surface area contributed by atoms with Crippen molar-refractivity contribution in [2.45, 2.75) is 58.4 Å². The van der Waals surface area contributed by atoms with E-state index in [0.717, 1.165) is 25.7 Å². The quantitative estimate of drug-likeness (QED) is 0.657. The Kier molecular flexibility index (Phi) is 5.97. The fourth-order valence-corrected chi connectivity index (χ4v) is 2.86. The van der Waals surface area contributed by atoms with Crippen LogP contribution in [0.25, 0.3) is 0 Å². The molecule has 0 bridgehead atoms. The minimum atomic E-state index is -1.20. The van der Waals surface area contributed by atoms with Gasteiger partial charge in [-0.1, -0.05) is 37.8 Å². The van der Waals surface area contributed by atoms with E-state index in [-0.39, 0.29) is 11.9 Å². The van der Waals surface area contributed by atoms with Crippen LogP contribution in [-0.2, 0) is 9.59 Å². The van der Waals surface area contributed by atoms with Gasteiger partial charge in [-0.15, -0.1) is 0 Å². The highest BCUT2D eigenvalue weighted by Gasteiger charge is 2.37. The summed E-state index contributed by atoms with van der Waals surface area (Å²) in [4.78, 5) is 25.2. The summed E-state index contributed by atoms with van der Waals surface area (Å²) in [5.41, 5.74) is -0.388. The van der Waals surface area contributed by atoms with Gasteiger partial charge in [-0.25, -0.2) is 0 Å². The molecule has 0 saturated heterocycles. The number of hydrogen-bond donors (Lipinski definition) is 2. The first-order chi connectivity index (χ1) is 11.4. The third-order valence-corrected chi connectivity index (χ3v) is 4.62. The van der Waals surface area contributed by atoms with Crippen LogP contribution in [0.2, 0.25) is 0 Å². The number of anilines is 1. The van der Waals surface area contributed by atoms with E-state index in [9.17, 15) is 9.59 Å². The van der Waals surface area contributed by atoms with E-state index in [0.29, 0.717) is 11.3 Å². The van der Waals surface area contributed by atoms with E-state index < -0.39 is 11.3 Å². The zero-order valence-corrected chi connectivity index (χ0v) is 14.4. The summed E-state index contributed by atoms with van der Waals surface area (Å²) in [5.74, 6) is -0.669. The average molecular weight is 327 g/mol. The van der Waals surface area contributed by atoms with Crippen molar-refractivity contribution in [1.29, 1.82) is 5.26 Å². The van der Waals surface area contributed by atoms with Gasteiger partial charge >= 0.3 is 0 Å². The molecular formula is C19H25N3O2. The molecule has 2 amide bonds. The molecular weight excluding hydrogens is 302 g/mol. The van der Waals surface area contributed by atoms with Crippen LogP contribution in [0.15, 0.2) is 24.3 Å². The van der Waals surface area contributed by atoms with Crippen molar-refractivity contribution in [2.75, 3.05) is 5.32 Å². The number of carbonyl (C=O) groups excluding carboxylic acids is 2. The van der Waals surface area contributed by atoms with Gasteiger partial charge in [0, 0.05) is 6.04 Å². The minimum absolute atomic E-state index is 0.151. The third kappa shape index (κ3) is 4.35. The molecule has 2 rings (SSSR count). The molecule has 128 valence electrons. The zero-order valence-electron chi connectivity index (χ0n) is 14.4. The van der Waals surface area contributed by atoms with Crippen molar-refractivity contribution in [1.82, 2.24) is 5.32 Å². The second-order valence-electron chi connectivity index (χ2n) is 6.90. The maximum atomic E-state index is 12.6. The monoisotopic (exact) mass is 327 g/mol. The number of nitriles is 1. The molecule has 0 aliphatic heterocycles. The van der Waals surface area contributed by atoms with Crippen LogP contribution in [0.5, 0.6) is 0 Å². The predicted molar refractivity (Wildman–Crippen MR) is 93.2 cm³/mol. The fraction of sp³-hybridized carbons (Fsp3) is 0.526. The molecule has 1 aromatic rings. The van der Waals surface area contributed by atoms with Gasteiger partial charge in [0.25, 0.3) is 0 Å². The van der Waals surface area contributed by atoms with Crippen LogP contribution in [0.3, 0.4) is 0 Å². The number of benzene rings is 1. The molecule has 0 aromatic heterocycles. The number of amides is 2. The van der Waals surface area contributed by atoms with Crippen LogP contribution >= 0.6 is 0 Å². The molecule has 24 heavy (non-hydrogen) atoms. The molecule has 1 aliphatic carbocycles. The Hall–Kier alpha value is -2.35. The SMILES string of the molecule is CC(C)(C(=O)Nc1ccccc1C#N)C(=O)NC1CCCCCC1. The number of hydrogen-bond acceptors (Lipinski definition) is 3. The summed E-state index contributed by atoms with van der Waals surface area (Å²) < 4.78 is 0. The van der Waals surface area contributed by atoms with Gasteiger partial charge in [0.05, 0.1) is 11.3 Å². The maximum Gasteiger partial charge on any atom is 0.239 e. The molecule has 0 atom stereocenters. The van der Waals surface area contributed by atoms with Crippen molar-refractivity contribution < 1.29 is 9.59 Å². The summed E-state index contributed by atoms with van der Waals surface area (Å²) in [6, 6.07) is 8.97. The highest BCUT2D eigenvalue weighted by molar-refractivity contribution is 6.10. The Morgan fingerprint density at radius 2 is 1.71 bits per heavy atom. The third-order valence-electron chi connectivity index (χ3n) is 4.62. The average Bonchev–Trinajstić information content (AvgIpc) is 2.83. The molecule has 0 heterocycles. The van der Waals surface area contributed by atoms with Crippen LogP contribution in [-0.4, -0.2) is 17.9 Å². The molecule has 5 nitrogen and oxygen atoms in total. The molecule has 1 aromatic carbocycles. The van der Waals surface area contributed by atoms with Gasteiger partial charge in [-0.2, -0.15) is 5.26 Å². The molecule has 1 saturated carbocycles. The number of carbonyl (C=O) groups is 2. The molecule has 1 aliphatic rings. The van der Waals surface area contributed by atoms with Gasteiger partial charge in [0.15, 0.2) is 0 Å². The second-order valence-corrected chi connectivity index (χ2v) is 6.90. The van der Waals surface area contributed by atoms with Crippen molar-refractivity contribution in [3.63, 3.8) is 0 Å². The van der Waals surface area contributed by atoms with Crippen molar-refractivity contribution >= 4 is 17.5 Å². The van der Waals surface area contributed by atoms with Crippen molar-refractivity contribution in [2.24, 2.45) is 5.41 Å². The van der Waals surface area contributed by atoms with Gasteiger partial charge in [0.1, 0.15) is 11.5 Å². The lowest BCUT2D eigenvalue weighted by molar-refractivity contribution is -0.138. The zero-order chi connectivity index (χ0) is 17.6. The van der Waals surface area contributed by atoms with Crippen LogP contribution in [0, 0.1) is 16.7 Å². The Labute approximate surface area is 143 Å². The standard InChI is InChI=1S/C19H25N3O2/c1-19(2,17(23)21-15-10-5-3-4-6-11-15)18(24)22-16-12-8-7-9-14(16)13-20/h7-9,12,15H,3-6,10-11H2,1-2H3,(H,21,23)(H,22,24). The molecule has 0 spiro atoms. The lowest BCUT2D eigenvalue weighted by Crippen LogP contribution is -2.48. The van der Waals surface area contributed by atoms with Crippen LogP contribution < -0.4 is 10.6 Å². The Morgan fingerprint density at radius 3 is 2.33 bits per heavy atom. The normalized spacial score (nSPS) is 15.9. The highest BCUT2D eigenvalue weighted by atomic mass is 16.2. The largest absolute Gasteiger partial charge is 0.352 e. The minimum Gasteiger partial charge on any atom is -0.352 e. The van der Waals surface area contributed by atoms with E-state index in [4.69, 9.17) is 5.26 Å². The molecule has 5 heteroatoms. The Balaban J connectivity index is 2.03. The summed E-state index contributed by atoms with van der Waals surface area (Å²) >= 11 is 0. The number of rotatable bonds is 4. The van der Waals surface area contributed by atoms with E-state index >= 15 is 0 Å². The summed E-state index contributed by atoms with van der Waals surface area (Å²) in [6.45, 7) is 3.23. The van der Waals surface area contributed by atoms with E-state index in [2.05, 4.69) is 10.6 Å². The topological polar surface area (TPSA) is 82.0 Å². The second kappa shape index (κ2) is 7.96. The smallest absolute Gasteiger partial charge is 0.239 e. The lowest BCUT2D eigenvalue weighted by atomic mass is 9.90. The summed E-state index contributed by atoms with van der Waals surface area (Å²) in [6.07, 6.45) is 6.60. The first-order valence-corrected chi connectivity index (χ1v) is 8.56. The molecule has 0 radical (unpaired) electrons. The van der Waals surface area contributed by atoms with E-state index in [1.807, 2.05) is 6.07 Å². The van der Waals surface area contributed by atoms with E-state index in [1.165, 1.54) is 12.8 Å². The number of nitrogens with one attached hydrogen (secondary N) is 2. The predicted octanol–water partition coefficient (Wildman–Crippen LogP) is 3.36. The van der Waals surface area contributed by atoms with Gasteiger partial charge in [0.2, 0.25) is 11.8 Å². The number of nitrogens with zero attached hydrogens (tertiary/aromatic N) is 1. The van der Waals surface area contributed by atoms with Crippen LogP contribution in [0.4, 0.5) is 5.69 Å². The van der Waals surface area contributed by atoms with Crippen molar-refractivity contribution in [3.8, 4) is 6.07 Å². The van der Waals surface area contributed by atoms with Crippen molar-refractivity contribution in [3.05, 3.63) is 29.8 Å². The molecule has 2 N–H and O–H groups in total. The summed E-state index contributed by atoms with van der Waals surface area (Å²) in [5, 5.41) is 14.8. The first-order valence-electron chi connectivity index (χ1n) is 8.56. The fourth-order valence-electron chi connectivity index (χ4n) is 2.86. The highest BCUT2D eigenvalue weighted by Crippen LogP contribution is 2.23. The summed E-state index contributed by atoms with van der Waals surface area (Å²) in [7, 11) is 0. The molecule has 0 unspecified atom stereocenters. The molecule has 1 fully saturated rings. The first kappa shape index (κ1) is 18.0. The lowest BCUT2D eigenvalue weighted by Gasteiger charge is -2.26. The van der Waals surface area contributed by atoms with Gasteiger partial charge < -0.3 is 10.6 Å². The van der Waals surface area contributed by atoms with Crippen LogP contribution in [0.1, 0.15) is 57.9 Å². The maximum absolute atomic E-state index is 12.6. The van der Waals surface area contributed by atoms with Gasteiger partial charge in [-0.05, 0) is 38.8 Å².